The van der Waals surface area contributed by atoms with Gasteiger partial charge in [-0.25, -0.2) is 4.39 Å². The largest absolute Gasteiger partial charge is 0.348 e. The average molecular weight is 348 g/mol. The van der Waals surface area contributed by atoms with Crippen LogP contribution in [0.2, 0.25) is 5.02 Å². The van der Waals surface area contributed by atoms with Crippen molar-refractivity contribution in [2.24, 2.45) is 5.92 Å². The number of benzene rings is 1. The molecule has 0 spiro atoms. The first kappa shape index (κ1) is 17.1. The van der Waals surface area contributed by atoms with Crippen LogP contribution in [0.15, 0.2) is 48.7 Å². The first-order valence-electron chi connectivity index (χ1n) is 7.98. The van der Waals surface area contributed by atoms with E-state index in [0.29, 0.717) is 30.4 Å². The van der Waals surface area contributed by atoms with Crippen LogP contribution < -0.4 is 0 Å². The molecular weight excluding hydrogens is 329 g/mol. The highest BCUT2D eigenvalue weighted by atomic mass is 35.5. The second-order valence-corrected chi connectivity index (χ2v) is 6.11. The second-order valence-electron chi connectivity index (χ2n) is 5.70. The van der Waals surface area contributed by atoms with Gasteiger partial charge in [-0.15, -0.1) is 0 Å². The third-order valence-electron chi connectivity index (χ3n) is 3.84. The zero-order chi connectivity index (χ0) is 16.9. The van der Waals surface area contributed by atoms with Crippen molar-refractivity contribution < 1.29 is 13.9 Å². The summed E-state index contributed by atoms with van der Waals surface area (Å²) in [5, 5.41) is 0.103. The van der Waals surface area contributed by atoms with E-state index in [-0.39, 0.29) is 5.02 Å². The Hall–Kier alpha value is -1.75. The fourth-order valence-corrected chi connectivity index (χ4v) is 2.64. The summed E-state index contributed by atoms with van der Waals surface area (Å²) in [6.07, 6.45) is 6.57. The van der Waals surface area contributed by atoms with Crippen LogP contribution in [0.1, 0.15) is 25.2 Å². The molecule has 24 heavy (non-hydrogen) atoms. The van der Waals surface area contributed by atoms with Gasteiger partial charge in [-0.2, -0.15) is 0 Å². The molecule has 2 aromatic rings. The van der Waals surface area contributed by atoms with Gasteiger partial charge >= 0.3 is 0 Å². The van der Waals surface area contributed by atoms with Crippen LogP contribution in [-0.2, 0) is 9.47 Å². The number of hydrogen-bond donors (Lipinski definition) is 0. The van der Waals surface area contributed by atoms with Gasteiger partial charge in [-0.1, -0.05) is 42.8 Å². The second kappa shape index (κ2) is 7.88. The van der Waals surface area contributed by atoms with E-state index >= 15 is 0 Å². The van der Waals surface area contributed by atoms with Gasteiger partial charge < -0.3 is 9.47 Å². The number of pyridine rings is 1. The first-order valence-corrected chi connectivity index (χ1v) is 8.36. The number of aromatic nitrogens is 1. The van der Waals surface area contributed by atoms with E-state index in [1.165, 1.54) is 12.1 Å². The van der Waals surface area contributed by atoms with E-state index in [4.69, 9.17) is 21.1 Å². The lowest BCUT2D eigenvalue weighted by atomic mass is 10.1. The van der Waals surface area contributed by atoms with Crippen molar-refractivity contribution in [1.29, 1.82) is 0 Å². The predicted molar refractivity (Wildman–Crippen MR) is 92.2 cm³/mol. The van der Waals surface area contributed by atoms with Gasteiger partial charge in [0.1, 0.15) is 5.82 Å². The Kier molecular flexibility index (Phi) is 5.61. The van der Waals surface area contributed by atoms with Gasteiger partial charge in [0.05, 0.1) is 23.9 Å². The van der Waals surface area contributed by atoms with E-state index in [1.807, 2.05) is 12.1 Å². The van der Waals surface area contributed by atoms with Crippen molar-refractivity contribution in [2.75, 3.05) is 13.2 Å². The number of allylic oxidation sites excluding steroid dienone is 1. The minimum absolute atomic E-state index is 0.103. The number of rotatable bonds is 4. The molecule has 0 N–H and O–H groups in total. The van der Waals surface area contributed by atoms with Gasteiger partial charge in [0, 0.05) is 23.2 Å². The first-order chi connectivity index (χ1) is 11.7. The van der Waals surface area contributed by atoms with Gasteiger partial charge in [-0.3, -0.25) is 4.98 Å². The lowest BCUT2D eigenvalue weighted by Crippen LogP contribution is -2.25. The molecule has 126 valence electrons. The van der Waals surface area contributed by atoms with Gasteiger partial charge in [-0.05, 0) is 24.6 Å². The summed E-state index contributed by atoms with van der Waals surface area (Å²) in [6, 6.07) is 8.36. The molecule has 0 atom stereocenters. The van der Waals surface area contributed by atoms with Crippen LogP contribution in [0, 0.1) is 11.7 Å². The lowest BCUT2D eigenvalue weighted by Gasteiger charge is -2.28. The molecule has 1 fully saturated rings. The monoisotopic (exact) mass is 347 g/mol. The van der Waals surface area contributed by atoms with Crippen LogP contribution in [-0.4, -0.2) is 18.2 Å². The number of nitrogens with zero attached hydrogens (tertiary/aromatic N) is 1. The molecule has 1 saturated heterocycles. The fourth-order valence-electron chi connectivity index (χ4n) is 2.52. The Labute approximate surface area is 146 Å². The van der Waals surface area contributed by atoms with E-state index in [2.05, 4.69) is 24.1 Å². The summed E-state index contributed by atoms with van der Waals surface area (Å²) < 4.78 is 25.1. The quantitative estimate of drug-likeness (QED) is 0.715. The molecule has 2 heterocycles. The fraction of sp³-hybridized carbons (Fsp3) is 0.316. The maximum Gasteiger partial charge on any atom is 0.185 e. The molecule has 0 radical (unpaired) electrons. The minimum atomic E-state index is -0.454. The number of hydrogen-bond acceptors (Lipinski definition) is 3. The molecule has 3 rings (SSSR count). The van der Waals surface area contributed by atoms with Crippen molar-refractivity contribution >= 4 is 11.6 Å². The smallest absolute Gasteiger partial charge is 0.185 e. The highest BCUT2D eigenvalue weighted by Gasteiger charge is 2.22. The predicted octanol–water partition coefficient (Wildman–Crippen LogP) is 5.17. The van der Waals surface area contributed by atoms with Gasteiger partial charge in [0.25, 0.3) is 0 Å². The van der Waals surface area contributed by atoms with E-state index in [0.717, 1.165) is 12.0 Å². The van der Waals surface area contributed by atoms with Crippen molar-refractivity contribution in [2.45, 2.75) is 19.6 Å². The van der Waals surface area contributed by atoms with Crippen LogP contribution in [0.5, 0.6) is 0 Å². The van der Waals surface area contributed by atoms with Crippen molar-refractivity contribution in [3.8, 4) is 11.3 Å². The number of halogens is 2. The highest BCUT2D eigenvalue weighted by molar-refractivity contribution is 6.30. The molecule has 0 saturated carbocycles. The number of ether oxygens (including phenoxy) is 2. The molecule has 3 nitrogen and oxygen atoms in total. The van der Waals surface area contributed by atoms with Crippen LogP contribution in [0.4, 0.5) is 4.39 Å². The Morgan fingerprint density at radius 3 is 2.67 bits per heavy atom. The van der Waals surface area contributed by atoms with E-state index < -0.39 is 12.1 Å². The van der Waals surface area contributed by atoms with Gasteiger partial charge in [0.15, 0.2) is 6.29 Å². The maximum absolute atomic E-state index is 13.6. The Morgan fingerprint density at radius 1 is 1.25 bits per heavy atom. The Bertz CT molecular complexity index is 710. The summed E-state index contributed by atoms with van der Waals surface area (Å²) in [5.74, 6) is -0.157. The summed E-state index contributed by atoms with van der Waals surface area (Å²) >= 11 is 5.71. The van der Waals surface area contributed by atoms with Crippen molar-refractivity contribution in [3.63, 3.8) is 0 Å². The van der Waals surface area contributed by atoms with Crippen molar-refractivity contribution in [1.82, 2.24) is 4.98 Å². The molecule has 0 aliphatic carbocycles. The maximum atomic E-state index is 13.6. The normalized spacial score (nSPS) is 21.3. The molecule has 1 aliphatic heterocycles. The zero-order valence-electron chi connectivity index (χ0n) is 13.4. The molecule has 5 heteroatoms. The van der Waals surface area contributed by atoms with E-state index in [1.54, 1.807) is 12.3 Å². The standard InChI is InChI=1S/C19H19ClFNO2/c1-2-3-4-13-11-23-19(24-12-13)15-6-8-18(22-10-15)14-5-7-16(20)17(21)9-14/h3-10,13,19H,2,11-12H2,1H3. The minimum Gasteiger partial charge on any atom is -0.348 e. The molecule has 0 unspecified atom stereocenters. The van der Waals surface area contributed by atoms with Crippen LogP contribution in [0.3, 0.4) is 0 Å². The molecule has 1 aromatic heterocycles. The SMILES string of the molecule is CCC=CC1COC(c2ccc(-c3ccc(Cl)c(F)c3)nc2)OC1. The summed E-state index contributed by atoms with van der Waals surface area (Å²) in [5.41, 5.74) is 2.21. The highest BCUT2D eigenvalue weighted by Crippen LogP contribution is 2.27. The third-order valence-corrected chi connectivity index (χ3v) is 4.15. The Morgan fingerprint density at radius 2 is 2.04 bits per heavy atom. The molecule has 0 amide bonds. The molecule has 1 aliphatic rings. The average Bonchev–Trinajstić information content (AvgIpc) is 2.63. The van der Waals surface area contributed by atoms with Crippen LogP contribution >= 0.6 is 11.6 Å². The van der Waals surface area contributed by atoms with Crippen LogP contribution in [0.25, 0.3) is 11.3 Å². The Balaban J connectivity index is 1.67. The summed E-state index contributed by atoms with van der Waals surface area (Å²) in [4.78, 5) is 4.38. The summed E-state index contributed by atoms with van der Waals surface area (Å²) in [7, 11) is 0. The van der Waals surface area contributed by atoms with E-state index in [9.17, 15) is 4.39 Å². The molecule has 0 bridgehead atoms. The molecular formula is C19H19ClFNO2. The third kappa shape index (κ3) is 4.01. The summed E-state index contributed by atoms with van der Waals surface area (Å²) in [6.45, 7) is 3.36. The molecule has 1 aromatic carbocycles. The zero-order valence-corrected chi connectivity index (χ0v) is 14.2. The van der Waals surface area contributed by atoms with Crippen molar-refractivity contribution in [3.05, 3.63) is 65.1 Å². The van der Waals surface area contributed by atoms with Gasteiger partial charge in [0.2, 0.25) is 0 Å². The topological polar surface area (TPSA) is 31.4 Å². The lowest BCUT2D eigenvalue weighted by molar-refractivity contribution is -0.197.